The van der Waals surface area contributed by atoms with Crippen molar-refractivity contribution >= 4 is 22.9 Å². The van der Waals surface area contributed by atoms with Crippen LogP contribution in [0, 0.1) is 6.92 Å². The topological polar surface area (TPSA) is 47.8 Å². The Labute approximate surface area is 95.2 Å². The molecule has 0 spiro atoms. The molecule has 0 saturated carbocycles. The van der Waals surface area contributed by atoms with E-state index in [0.29, 0.717) is 11.0 Å². The predicted molar refractivity (Wildman–Crippen MR) is 59.5 cm³/mol. The first-order valence-electron chi connectivity index (χ1n) is 4.29. The fraction of sp³-hybridized carbons (Fsp3) is 0.222. The molecule has 0 radical (unpaired) electrons. The van der Waals surface area contributed by atoms with Crippen LogP contribution in [0.3, 0.4) is 0 Å². The lowest BCUT2D eigenvalue weighted by molar-refractivity contribution is 0.641. The molecular formula is C9H8ClN3OS. The molecular weight excluding hydrogens is 234 g/mol. The standard InChI is InChI=1S/C9H8ClN3OS/c1-6-2-8(14)13(12-3-6)5-7-4-11-9(10)15-7/h2-4H,5H2,1H3. The largest absolute Gasteiger partial charge is 0.268 e. The van der Waals surface area contributed by atoms with E-state index in [1.54, 1.807) is 18.5 Å². The van der Waals surface area contributed by atoms with Gasteiger partial charge in [-0.15, -0.1) is 11.3 Å². The summed E-state index contributed by atoms with van der Waals surface area (Å²) in [5.74, 6) is 0. The van der Waals surface area contributed by atoms with Crippen molar-refractivity contribution in [2.45, 2.75) is 13.5 Å². The lowest BCUT2D eigenvalue weighted by atomic mass is 10.3. The van der Waals surface area contributed by atoms with Crippen LogP contribution >= 0.6 is 22.9 Å². The van der Waals surface area contributed by atoms with E-state index < -0.39 is 0 Å². The Hall–Kier alpha value is -1.20. The van der Waals surface area contributed by atoms with Gasteiger partial charge in [-0.3, -0.25) is 4.79 Å². The van der Waals surface area contributed by atoms with E-state index in [0.717, 1.165) is 10.4 Å². The molecule has 2 aromatic heterocycles. The van der Waals surface area contributed by atoms with E-state index >= 15 is 0 Å². The van der Waals surface area contributed by atoms with Crippen LogP contribution in [0.15, 0.2) is 23.3 Å². The fourth-order valence-electron chi connectivity index (χ4n) is 1.15. The summed E-state index contributed by atoms with van der Waals surface area (Å²) >= 11 is 7.04. The molecule has 6 heteroatoms. The quantitative estimate of drug-likeness (QED) is 0.804. The number of rotatable bonds is 2. The minimum absolute atomic E-state index is 0.112. The zero-order valence-corrected chi connectivity index (χ0v) is 9.55. The van der Waals surface area contributed by atoms with Crippen LogP contribution in [0.25, 0.3) is 0 Å². The van der Waals surface area contributed by atoms with Crippen molar-refractivity contribution < 1.29 is 0 Å². The highest BCUT2D eigenvalue weighted by molar-refractivity contribution is 7.15. The molecule has 2 aromatic rings. The van der Waals surface area contributed by atoms with Crippen LogP contribution < -0.4 is 5.56 Å². The second kappa shape index (κ2) is 4.12. The zero-order chi connectivity index (χ0) is 10.8. The molecule has 0 aromatic carbocycles. The van der Waals surface area contributed by atoms with Gasteiger partial charge in [0.2, 0.25) is 0 Å². The van der Waals surface area contributed by atoms with Gasteiger partial charge in [0, 0.05) is 17.1 Å². The van der Waals surface area contributed by atoms with E-state index in [4.69, 9.17) is 11.6 Å². The summed E-state index contributed by atoms with van der Waals surface area (Å²) in [6.07, 6.45) is 3.31. The first-order valence-corrected chi connectivity index (χ1v) is 5.48. The first kappa shape index (κ1) is 10.3. The summed E-state index contributed by atoms with van der Waals surface area (Å²) in [5.41, 5.74) is 0.748. The second-order valence-electron chi connectivity index (χ2n) is 3.11. The number of aromatic nitrogens is 3. The van der Waals surface area contributed by atoms with Gasteiger partial charge in [0.1, 0.15) is 0 Å². The minimum atomic E-state index is -0.112. The molecule has 78 valence electrons. The van der Waals surface area contributed by atoms with Crippen LogP contribution in [-0.4, -0.2) is 14.8 Å². The Morgan fingerprint density at radius 1 is 1.53 bits per heavy atom. The number of nitrogens with zero attached hydrogens (tertiary/aromatic N) is 3. The smallest absolute Gasteiger partial charge is 0.267 e. The molecule has 15 heavy (non-hydrogen) atoms. The molecule has 0 aliphatic rings. The zero-order valence-electron chi connectivity index (χ0n) is 7.98. The number of hydrogen-bond acceptors (Lipinski definition) is 4. The number of halogens is 1. The molecule has 0 amide bonds. The van der Waals surface area contributed by atoms with Gasteiger partial charge in [-0.2, -0.15) is 5.10 Å². The van der Waals surface area contributed by atoms with E-state index in [-0.39, 0.29) is 5.56 Å². The van der Waals surface area contributed by atoms with Gasteiger partial charge in [0.25, 0.3) is 5.56 Å². The average Bonchev–Trinajstić information content (AvgIpc) is 2.56. The Bertz CT molecular complexity index is 534. The highest BCUT2D eigenvalue weighted by Gasteiger charge is 2.03. The van der Waals surface area contributed by atoms with Crippen molar-refractivity contribution in [3.63, 3.8) is 0 Å². The summed E-state index contributed by atoms with van der Waals surface area (Å²) in [6, 6.07) is 1.55. The number of hydrogen-bond donors (Lipinski definition) is 0. The van der Waals surface area contributed by atoms with Gasteiger partial charge in [-0.25, -0.2) is 9.67 Å². The van der Waals surface area contributed by atoms with Crippen molar-refractivity contribution in [1.82, 2.24) is 14.8 Å². The second-order valence-corrected chi connectivity index (χ2v) is 4.81. The van der Waals surface area contributed by atoms with Crippen molar-refractivity contribution in [2.24, 2.45) is 0 Å². The Balaban J connectivity index is 2.28. The van der Waals surface area contributed by atoms with Gasteiger partial charge in [0.05, 0.1) is 12.7 Å². The van der Waals surface area contributed by atoms with E-state index in [9.17, 15) is 4.79 Å². The van der Waals surface area contributed by atoms with Crippen LogP contribution in [-0.2, 0) is 6.54 Å². The highest BCUT2D eigenvalue weighted by atomic mass is 35.5. The van der Waals surface area contributed by atoms with Gasteiger partial charge in [-0.05, 0) is 12.5 Å². The molecule has 0 unspecified atom stereocenters. The summed E-state index contributed by atoms with van der Waals surface area (Å²) in [6.45, 7) is 2.26. The lowest BCUT2D eigenvalue weighted by Gasteiger charge is -2.01. The van der Waals surface area contributed by atoms with E-state index in [1.807, 2.05) is 6.92 Å². The monoisotopic (exact) mass is 241 g/mol. The van der Waals surface area contributed by atoms with Crippen LogP contribution in [0.2, 0.25) is 4.47 Å². The summed E-state index contributed by atoms with van der Waals surface area (Å²) in [4.78, 5) is 16.3. The number of aryl methyl sites for hydroxylation is 1. The predicted octanol–water partition coefficient (Wildman–Crippen LogP) is 1.71. The molecule has 2 heterocycles. The molecule has 2 rings (SSSR count). The van der Waals surface area contributed by atoms with Crippen LogP contribution in [0.4, 0.5) is 0 Å². The maximum absolute atomic E-state index is 11.5. The fourth-order valence-corrected chi connectivity index (χ4v) is 2.11. The Morgan fingerprint density at radius 2 is 2.33 bits per heavy atom. The molecule has 0 N–H and O–H groups in total. The average molecular weight is 242 g/mol. The van der Waals surface area contributed by atoms with E-state index in [1.165, 1.54) is 16.0 Å². The molecule has 0 aliphatic heterocycles. The summed E-state index contributed by atoms with van der Waals surface area (Å²) in [5, 5.41) is 4.02. The van der Waals surface area contributed by atoms with Crippen LogP contribution in [0.1, 0.15) is 10.4 Å². The Morgan fingerprint density at radius 3 is 2.93 bits per heavy atom. The van der Waals surface area contributed by atoms with Crippen LogP contribution in [0.5, 0.6) is 0 Å². The Kier molecular flexibility index (Phi) is 2.83. The van der Waals surface area contributed by atoms with Crippen molar-refractivity contribution in [3.05, 3.63) is 43.7 Å². The van der Waals surface area contributed by atoms with E-state index in [2.05, 4.69) is 10.1 Å². The summed E-state index contributed by atoms with van der Waals surface area (Å²) in [7, 11) is 0. The molecule has 0 atom stereocenters. The van der Waals surface area contributed by atoms with Gasteiger partial charge >= 0.3 is 0 Å². The SMILES string of the molecule is Cc1cnn(Cc2cnc(Cl)s2)c(=O)c1. The first-order chi connectivity index (χ1) is 7.15. The van der Waals surface area contributed by atoms with Crippen molar-refractivity contribution in [3.8, 4) is 0 Å². The van der Waals surface area contributed by atoms with Crippen molar-refractivity contribution in [1.29, 1.82) is 0 Å². The third kappa shape index (κ3) is 2.43. The maximum Gasteiger partial charge on any atom is 0.267 e. The minimum Gasteiger partial charge on any atom is -0.268 e. The molecule has 0 aliphatic carbocycles. The highest BCUT2D eigenvalue weighted by Crippen LogP contribution is 2.17. The maximum atomic E-state index is 11.5. The summed E-state index contributed by atoms with van der Waals surface area (Å²) < 4.78 is 1.86. The van der Waals surface area contributed by atoms with Gasteiger partial charge < -0.3 is 0 Å². The third-order valence-corrected chi connectivity index (χ3v) is 2.94. The van der Waals surface area contributed by atoms with Crippen molar-refractivity contribution in [2.75, 3.05) is 0 Å². The molecule has 0 bridgehead atoms. The van der Waals surface area contributed by atoms with Gasteiger partial charge in [-0.1, -0.05) is 11.6 Å². The molecule has 4 nitrogen and oxygen atoms in total. The molecule has 0 saturated heterocycles. The van der Waals surface area contributed by atoms with Gasteiger partial charge in [0.15, 0.2) is 4.47 Å². The third-order valence-electron chi connectivity index (χ3n) is 1.84. The molecule has 0 fully saturated rings. The normalized spacial score (nSPS) is 10.5. The lowest BCUT2D eigenvalue weighted by Crippen LogP contribution is -2.22. The number of thiazole rings is 1.